The normalized spacial score (nSPS) is 10.8. The highest BCUT2D eigenvalue weighted by atomic mass is 35.5. The van der Waals surface area contributed by atoms with Gasteiger partial charge in [0.1, 0.15) is 5.82 Å². The second-order valence-electron chi connectivity index (χ2n) is 7.01. The number of benzene rings is 3. The first-order valence-electron chi connectivity index (χ1n) is 9.63. The fraction of sp³-hybridized carbons (Fsp3) is 0.0435. The Morgan fingerprint density at radius 2 is 1.61 bits per heavy atom. The van der Waals surface area contributed by atoms with Crippen LogP contribution in [-0.4, -0.2) is 20.3 Å². The van der Waals surface area contributed by atoms with Gasteiger partial charge in [-0.25, -0.2) is 9.18 Å². The summed E-state index contributed by atoms with van der Waals surface area (Å²) >= 11 is 12.1. The smallest absolute Gasteiger partial charge is 0.320 e. The molecule has 7 nitrogen and oxygen atoms in total. The Morgan fingerprint density at radius 3 is 2.27 bits per heavy atom. The van der Waals surface area contributed by atoms with Gasteiger partial charge in [0.25, 0.3) is 11.5 Å². The molecule has 4 aromatic rings. The lowest BCUT2D eigenvalue weighted by Gasteiger charge is -2.13. The van der Waals surface area contributed by atoms with Gasteiger partial charge in [-0.05, 0) is 60.2 Å². The fourth-order valence-electron chi connectivity index (χ4n) is 3.11. The summed E-state index contributed by atoms with van der Waals surface area (Å²) in [6, 6.07) is 17.9. The largest absolute Gasteiger partial charge is 0.352 e. The Morgan fingerprint density at radius 1 is 0.939 bits per heavy atom. The Kier molecular flexibility index (Phi) is 6.39. The molecule has 0 unspecified atom stereocenters. The summed E-state index contributed by atoms with van der Waals surface area (Å²) in [5.74, 6) is -1.34. The number of carbonyl (C=O) groups is 1. The van der Waals surface area contributed by atoms with Crippen LogP contribution < -0.4 is 16.6 Å². The van der Waals surface area contributed by atoms with Crippen molar-refractivity contribution in [3.05, 3.63) is 121 Å². The van der Waals surface area contributed by atoms with Gasteiger partial charge in [-0.3, -0.25) is 14.2 Å². The predicted molar refractivity (Wildman–Crippen MR) is 124 cm³/mol. The van der Waals surface area contributed by atoms with E-state index >= 15 is 0 Å². The summed E-state index contributed by atoms with van der Waals surface area (Å²) in [5, 5.41) is 7.28. The minimum Gasteiger partial charge on any atom is -0.320 e. The van der Waals surface area contributed by atoms with Crippen molar-refractivity contribution in [2.24, 2.45) is 0 Å². The van der Waals surface area contributed by atoms with E-state index in [1.54, 1.807) is 42.5 Å². The molecule has 1 heterocycles. The maximum absolute atomic E-state index is 13.2. The van der Waals surface area contributed by atoms with Crippen LogP contribution in [0.1, 0.15) is 16.1 Å². The Bertz CT molecular complexity index is 1470. The number of halogens is 3. The molecule has 0 bridgehead atoms. The molecule has 0 spiro atoms. The van der Waals surface area contributed by atoms with E-state index in [0.717, 1.165) is 21.4 Å². The van der Waals surface area contributed by atoms with Crippen LogP contribution in [0, 0.1) is 5.82 Å². The van der Waals surface area contributed by atoms with Crippen molar-refractivity contribution in [3.63, 3.8) is 0 Å². The van der Waals surface area contributed by atoms with E-state index in [9.17, 15) is 18.8 Å². The molecule has 0 radical (unpaired) electrons. The van der Waals surface area contributed by atoms with Gasteiger partial charge in [-0.15, -0.1) is 0 Å². The first-order chi connectivity index (χ1) is 15.8. The molecular formula is C23H15Cl2FN4O3. The molecule has 1 amide bonds. The molecule has 0 saturated heterocycles. The number of aromatic nitrogens is 3. The van der Waals surface area contributed by atoms with Crippen LogP contribution in [0.4, 0.5) is 10.1 Å². The quantitative estimate of drug-likeness (QED) is 0.461. The summed E-state index contributed by atoms with van der Waals surface area (Å²) in [7, 11) is 0. The van der Waals surface area contributed by atoms with E-state index in [-0.39, 0.29) is 17.9 Å². The van der Waals surface area contributed by atoms with Gasteiger partial charge in [0, 0.05) is 15.7 Å². The van der Waals surface area contributed by atoms with Gasteiger partial charge in [-0.2, -0.15) is 9.78 Å². The first-order valence-corrected chi connectivity index (χ1v) is 10.4. The van der Waals surface area contributed by atoms with Gasteiger partial charge in [0.05, 0.1) is 12.2 Å². The van der Waals surface area contributed by atoms with Gasteiger partial charge in [-0.1, -0.05) is 41.4 Å². The third kappa shape index (κ3) is 5.02. The number of amides is 1. The number of nitrogens with zero attached hydrogens (tertiary/aromatic N) is 3. The highest BCUT2D eigenvalue weighted by Crippen LogP contribution is 2.14. The zero-order valence-corrected chi connectivity index (χ0v) is 18.3. The first kappa shape index (κ1) is 22.4. The third-order valence-corrected chi connectivity index (χ3v) is 5.13. The zero-order chi connectivity index (χ0) is 23.5. The van der Waals surface area contributed by atoms with E-state index in [1.165, 1.54) is 18.2 Å². The summed E-state index contributed by atoms with van der Waals surface area (Å²) in [4.78, 5) is 39.2. The monoisotopic (exact) mass is 484 g/mol. The van der Waals surface area contributed by atoms with Crippen LogP contribution >= 0.6 is 23.2 Å². The third-order valence-electron chi connectivity index (χ3n) is 4.66. The maximum Gasteiger partial charge on any atom is 0.352 e. The lowest BCUT2D eigenvalue weighted by atomic mass is 10.2. The Balaban J connectivity index is 1.85. The maximum atomic E-state index is 13.2. The summed E-state index contributed by atoms with van der Waals surface area (Å²) in [6.45, 7) is -0.141. The Hall–Kier alpha value is -3.75. The SMILES string of the molecule is O=C(Nc1ccc(F)cc1)c1nn(-c2cccc(Cl)c2)c(=O)n(Cc2cccc(Cl)c2)c1=O. The molecular weight excluding hydrogens is 470 g/mol. The predicted octanol–water partition coefficient (Wildman–Crippen LogP) is 4.14. The summed E-state index contributed by atoms with van der Waals surface area (Å²) in [6.07, 6.45) is 0. The molecule has 4 rings (SSSR count). The highest BCUT2D eigenvalue weighted by Gasteiger charge is 2.21. The van der Waals surface area contributed by atoms with E-state index in [0.29, 0.717) is 15.6 Å². The topological polar surface area (TPSA) is 86.0 Å². The molecule has 1 aromatic heterocycles. The van der Waals surface area contributed by atoms with Crippen molar-refractivity contribution < 1.29 is 9.18 Å². The van der Waals surface area contributed by atoms with Gasteiger partial charge in [0.15, 0.2) is 0 Å². The van der Waals surface area contributed by atoms with E-state index < -0.39 is 28.7 Å². The molecule has 0 saturated carbocycles. The standard InChI is InChI=1S/C23H15Cl2FN4O3/c24-15-4-1-3-14(11-15)13-29-22(32)20(21(31)27-18-9-7-17(26)8-10-18)28-30(23(29)33)19-6-2-5-16(25)12-19/h1-12H,13H2,(H,27,31). The zero-order valence-electron chi connectivity index (χ0n) is 16.8. The molecule has 0 aliphatic carbocycles. The van der Waals surface area contributed by atoms with Crippen molar-refractivity contribution in [3.8, 4) is 5.69 Å². The average molecular weight is 485 g/mol. The van der Waals surface area contributed by atoms with E-state index in [1.807, 2.05) is 0 Å². The number of carbonyl (C=O) groups excluding carboxylic acids is 1. The molecule has 33 heavy (non-hydrogen) atoms. The van der Waals surface area contributed by atoms with Gasteiger partial charge < -0.3 is 5.32 Å². The molecule has 166 valence electrons. The van der Waals surface area contributed by atoms with Crippen molar-refractivity contribution in [2.45, 2.75) is 6.54 Å². The summed E-state index contributed by atoms with van der Waals surface area (Å²) < 4.78 is 15.0. The van der Waals surface area contributed by atoms with Crippen LogP contribution in [0.25, 0.3) is 5.69 Å². The van der Waals surface area contributed by atoms with E-state index in [4.69, 9.17) is 23.2 Å². The number of nitrogens with one attached hydrogen (secondary N) is 1. The molecule has 0 fully saturated rings. The number of anilines is 1. The van der Waals surface area contributed by atoms with Gasteiger partial charge in [0.2, 0.25) is 5.69 Å². The lowest BCUT2D eigenvalue weighted by Crippen LogP contribution is -2.45. The van der Waals surface area contributed by atoms with Crippen molar-refractivity contribution in [2.75, 3.05) is 5.32 Å². The minimum absolute atomic E-state index is 0.141. The number of hydrogen-bond donors (Lipinski definition) is 1. The van der Waals surface area contributed by atoms with Crippen LogP contribution in [0.5, 0.6) is 0 Å². The lowest BCUT2D eigenvalue weighted by molar-refractivity contribution is 0.101. The van der Waals surface area contributed by atoms with Crippen LogP contribution in [0.3, 0.4) is 0 Å². The second-order valence-corrected chi connectivity index (χ2v) is 7.88. The molecule has 3 aromatic carbocycles. The van der Waals surface area contributed by atoms with Crippen LogP contribution in [0.15, 0.2) is 82.4 Å². The van der Waals surface area contributed by atoms with Crippen molar-refractivity contribution in [1.29, 1.82) is 0 Å². The minimum atomic E-state index is -0.891. The molecule has 10 heteroatoms. The second kappa shape index (κ2) is 9.40. The Labute approximate surface area is 196 Å². The molecule has 0 aliphatic heterocycles. The van der Waals surface area contributed by atoms with Crippen molar-refractivity contribution >= 4 is 34.8 Å². The van der Waals surface area contributed by atoms with Crippen molar-refractivity contribution in [1.82, 2.24) is 14.3 Å². The van der Waals surface area contributed by atoms with Gasteiger partial charge >= 0.3 is 5.69 Å². The molecule has 0 aliphatic rings. The number of rotatable bonds is 5. The van der Waals surface area contributed by atoms with E-state index in [2.05, 4.69) is 10.4 Å². The highest BCUT2D eigenvalue weighted by molar-refractivity contribution is 6.31. The average Bonchev–Trinajstić information content (AvgIpc) is 2.78. The van der Waals surface area contributed by atoms with Crippen LogP contribution in [-0.2, 0) is 6.54 Å². The fourth-order valence-corrected chi connectivity index (χ4v) is 3.51. The molecule has 0 atom stereocenters. The number of hydrogen-bond acceptors (Lipinski definition) is 4. The van der Waals surface area contributed by atoms with Crippen LogP contribution in [0.2, 0.25) is 10.0 Å². The molecule has 1 N–H and O–H groups in total. The summed E-state index contributed by atoms with van der Waals surface area (Å²) in [5.41, 5.74) is -1.08.